The van der Waals surface area contributed by atoms with Gasteiger partial charge in [-0.25, -0.2) is 13.2 Å². The molecule has 1 unspecified atom stereocenters. The van der Waals surface area contributed by atoms with Gasteiger partial charge in [-0.3, -0.25) is 4.90 Å². The Kier molecular flexibility index (Phi) is 4.91. The van der Waals surface area contributed by atoms with Crippen LogP contribution in [0.15, 0.2) is 12.1 Å². The molecule has 3 nitrogen and oxygen atoms in total. The third kappa shape index (κ3) is 3.07. The summed E-state index contributed by atoms with van der Waals surface area (Å²) in [5.41, 5.74) is -0.336. The van der Waals surface area contributed by atoms with Crippen LogP contribution < -0.4 is 5.32 Å². The van der Waals surface area contributed by atoms with E-state index in [1.165, 1.54) is 6.07 Å². The van der Waals surface area contributed by atoms with Crippen LogP contribution in [-0.2, 0) is 4.74 Å². The Morgan fingerprint density at radius 2 is 1.76 bits per heavy atom. The van der Waals surface area contributed by atoms with E-state index >= 15 is 0 Å². The second-order valence-electron chi connectivity index (χ2n) is 5.74. The second-order valence-corrected chi connectivity index (χ2v) is 5.74. The van der Waals surface area contributed by atoms with Crippen LogP contribution in [0.3, 0.4) is 0 Å². The highest BCUT2D eigenvalue weighted by atomic mass is 19.2. The molecule has 0 amide bonds. The number of nitrogens with one attached hydrogen (secondary N) is 1. The number of morpholine rings is 1. The molecule has 1 atom stereocenters. The molecule has 1 fully saturated rings. The number of hydrogen-bond acceptors (Lipinski definition) is 3. The fourth-order valence-electron chi connectivity index (χ4n) is 2.98. The van der Waals surface area contributed by atoms with Crippen molar-refractivity contribution in [1.82, 2.24) is 10.2 Å². The maximum absolute atomic E-state index is 14.1. The van der Waals surface area contributed by atoms with Crippen molar-refractivity contribution in [2.45, 2.75) is 25.4 Å². The fourth-order valence-corrected chi connectivity index (χ4v) is 2.98. The maximum Gasteiger partial charge on any atom is 0.194 e. The van der Waals surface area contributed by atoms with Crippen LogP contribution in [0.4, 0.5) is 13.2 Å². The van der Waals surface area contributed by atoms with E-state index < -0.39 is 29.0 Å². The maximum atomic E-state index is 14.1. The lowest BCUT2D eigenvalue weighted by Crippen LogP contribution is -2.56. The number of ether oxygens (including phenoxy) is 1. The Morgan fingerprint density at radius 3 is 2.33 bits per heavy atom. The first-order valence-electron chi connectivity index (χ1n) is 7.03. The normalized spacial score (nSPS) is 18.8. The largest absolute Gasteiger partial charge is 0.379 e. The molecule has 1 aromatic rings. The van der Waals surface area contributed by atoms with Crippen molar-refractivity contribution < 1.29 is 17.9 Å². The van der Waals surface area contributed by atoms with Gasteiger partial charge >= 0.3 is 0 Å². The van der Waals surface area contributed by atoms with Crippen LogP contribution in [0.2, 0.25) is 0 Å². The number of rotatable bonds is 4. The molecule has 118 valence electrons. The average Bonchev–Trinajstić information content (AvgIpc) is 2.48. The third-order valence-corrected chi connectivity index (χ3v) is 4.20. The summed E-state index contributed by atoms with van der Waals surface area (Å²) >= 11 is 0. The van der Waals surface area contributed by atoms with E-state index in [0.717, 1.165) is 19.2 Å². The molecule has 0 aromatic heterocycles. The summed E-state index contributed by atoms with van der Waals surface area (Å²) in [6, 6.07) is 1.80. The van der Waals surface area contributed by atoms with Crippen LogP contribution in [0, 0.1) is 17.5 Å². The topological polar surface area (TPSA) is 24.5 Å². The van der Waals surface area contributed by atoms with Crippen molar-refractivity contribution in [3.63, 3.8) is 0 Å². The second kappa shape index (κ2) is 6.34. The summed E-state index contributed by atoms with van der Waals surface area (Å²) < 4.78 is 46.0. The van der Waals surface area contributed by atoms with Crippen molar-refractivity contribution in [2.24, 2.45) is 0 Å². The summed E-state index contributed by atoms with van der Waals surface area (Å²) in [5.74, 6) is -3.73. The summed E-state index contributed by atoms with van der Waals surface area (Å²) in [5, 5.41) is 3.03. The quantitative estimate of drug-likeness (QED) is 0.865. The molecular weight excluding hydrogens is 281 g/mol. The molecule has 6 heteroatoms. The van der Waals surface area contributed by atoms with Gasteiger partial charge in [0.05, 0.1) is 19.3 Å². The lowest BCUT2D eigenvalue weighted by Gasteiger charge is -2.46. The Labute approximate surface area is 123 Å². The fraction of sp³-hybridized carbons (Fsp3) is 0.600. The van der Waals surface area contributed by atoms with E-state index in [1.54, 1.807) is 7.05 Å². The highest BCUT2D eigenvalue weighted by Crippen LogP contribution is 2.33. The molecule has 0 radical (unpaired) electrons. The number of likely N-dealkylation sites (N-methyl/N-ethyl adjacent to an activating group) is 1. The van der Waals surface area contributed by atoms with Crippen molar-refractivity contribution in [3.05, 3.63) is 35.1 Å². The smallest absolute Gasteiger partial charge is 0.194 e. The molecule has 1 saturated heterocycles. The van der Waals surface area contributed by atoms with Crippen molar-refractivity contribution >= 4 is 0 Å². The SMILES string of the molecule is CNC(c1ccc(F)c(F)c1F)C(C)(C)N1CCOCC1. The summed E-state index contributed by atoms with van der Waals surface area (Å²) in [7, 11) is 1.69. The van der Waals surface area contributed by atoms with Crippen LogP contribution in [0.1, 0.15) is 25.5 Å². The minimum Gasteiger partial charge on any atom is -0.379 e. The van der Waals surface area contributed by atoms with Gasteiger partial charge in [-0.2, -0.15) is 0 Å². The van der Waals surface area contributed by atoms with Crippen molar-refractivity contribution in [2.75, 3.05) is 33.4 Å². The average molecular weight is 302 g/mol. The van der Waals surface area contributed by atoms with E-state index in [0.29, 0.717) is 13.2 Å². The third-order valence-electron chi connectivity index (χ3n) is 4.20. The van der Waals surface area contributed by atoms with E-state index in [4.69, 9.17) is 4.74 Å². The predicted octanol–water partition coefficient (Wildman–Crippen LogP) is 2.48. The molecule has 0 bridgehead atoms. The molecular formula is C15H21F3N2O. The minimum absolute atomic E-state index is 0.132. The van der Waals surface area contributed by atoms with Crippen LogP contribution in [-0.4, -0.2) is 43.8 Å². The summed E-state index contributed by atoms with van der Waals surface area (Å²) in [4.78, 5) is 2.17. The summed E-state index contributed by atoms with van der Waals surface area (Å²) in [6.07, 6.45) is 0. The number of nitrogens with zero attached hydrogens (tertiary/aromatic N) is 1. The standard InChI is InChI=1S/C15H21F3N2O/c1-15(2,20-6-8-21-9-7-20)14(19-3)10-4-5-11(16)13(18)12(10)17/h4-5,14,19H,6-9H2,1-3H3. The first kappa shape index (κ1) is 16.3. The molecule has 1 aliphatic rings. The van der Waals surface area contributed by atoms with Crippen LogP contribution >= 0.6 is 0 Å². The molecule has 1 aromatic carbocycles. The zero-order chi connectivity index (χ0) is 15.6. The van der Waals surface area contributed by atoms with Gasteiger partial charge in [0, 0.05) is 24.2 Å². The van der Waals surface area contributed by atoms with E-state index in [-0.39, 0.29) is 5.56 Å². The molecule has 21 heavy (non-hydrogen) atoms. The summed E-state index contributed by atoms with van der Waals surface area (Å²) in [6.45, 7) is 6.58. The van der Waals surface area contributed by atoms with Crippen molar-refractivity contribution in [1.29, 1.82) is 0 Å². The van der Waals surface area contributed by atoms with E-state index in [1.807, 2.05) is 13.8 Å². The first-order chi connectivity index (χ1) is 9.89. The van der Waals surface area contributed by atoms with E-state index in [2.05, 4.69) is 10.2 Å². The molecule has 2 rings (SSSR count). The number of halogens is 3. The van der Waals surface area contributed by atoms with Gasteiger partial charge in [-0.05, 0) is 27.0 Å². The number of benzene rings is 1. The zero-order valence-corrected chi connectivity index (χ0v) is 12.5. The highest BCUT2D eigenvalue weighted by Gasteiger charge is 2.38. The molecule has 1 N–H and O–H groups in total. The predicted molar refractivity (Wildman–Crippen MR) is 74.6 cm³/mol. The van der Waals surface area contributed by atoms with Gasteiger partial charge in [0.2, 0.25) is 0 Å². The highest BCUT2D eigenvalue weighted by molar-refractivity contribution is 5.26. The molecule has 0 saturated carbocycles. The Morgan fingerprint density at radius 1 is 1.14 bits per heavy atom. The Balaban J connectivity index is 2.36. The van der Waals surface area contributed by atoms with Gasteiger partial charge in [-0.15, -0.1) is 0 Å². The zero-order valence-electron chi connectivity index (χ0n) is 12.5. The van der Waals surface area contributed by atoms with Crippen LogP contribution in [0.5, 0.6) is 0 Å². The number of hydrogen-bond donors (Lipinski definition) is 1. The van der Waals surface area contributed by atoms with Gasteiger partial charge in [0.15, 0.2) is 17.5 Å². The van der Waals surface area contributed by atoms with Gasteiger partial charge in [-0.1, -0.05) is 6.07 Å². The molecule has 1 aliphatic heterocycles. The van der Waals surface area contributed by atoms with Gasteiger partial charge in [0.1, 0.15) is 0 Å². The molecule has 0 aliphatic carbocycles. The lowest BCUT2D eigenvalue weighted by atomic mass is 9.86. The first-order valence-corrected chi connectivity index (χ1v) is 7.03. The van der Waals surface area contributed by atoms with Crippen LogP contribution in [0.25, 0.3) is 0 Å². The Bertz CT molecular complexity index is 502. The molecule has 0 spiro atoms. The molecule has 1 heterocycles. The van der Waals surface area contributed by atoms with E-state index in [9.17, 15) is 13.2 Å². The monoisotopic (exact) mass is 302 g/mol. The lowest BCUT2D eigenvalue weighted by molar-refractivity contribution is -0.0234. The van der Waals surface area contributed by atoms with Gasteiger partial charge < -0.3 is 10.1 Å². The van der Waals surface area contributed by atoms with Gasteiger partial charge in [0.25, 0.3) is 0 Å². The van der Waals surface area contributed by atoms with Crippen molar-refractivity contribution in [3.8, 4) is 0 Å². The Hall–Kier alpha value is -1.11. The minimum atomic E-state index is -1.43.